The molecule has 0 radical (unpaired) electrons. The largest absolute Gasteiger partial charge is 0.497 e. The molecule has 3 heterocycles. The van der Waals surface area contributed by atoms with Gasteiger partial charge in [-0.05, 0) is 48.0 Å². The maximum absolute atomic E-state index is 12.7. The Morgan fingerprint density at radius 2 is 1.84 bits per heavy atom. The van der Waals surface area contributed by atoms with Crippen LogP contribution in [0.5, 0.6) is 5.75 Å². The Kier molecular flexibility index (Phi) is 5.28. The van der Waals surface area contributed by atoms with Crippen molar-refractivity contribution in [2.24, 2.45) is 7.05 Å². The van der Waals surface area contributed by atoms with Crippen molar-refractivity contribution >= 4 is 44.2 Å². The second-order valence-corrected chi connectivity index (χ2v) is 9.13. The molecule has 32 heavy (non-hydrogen) atoms. The molecule has 1 N–H and O–H groups in total. The third kappa shape index (κ3) is 3.69. The number of rotatable bonds is 5. The van der Waals surface area contributed by atoms with Gasteiger partial charge in [0.25, 0.3) is 11.1 Å². The first kappa shape index (κ1) is 20.5. The van der Waals surface area contributed by atoms with Crippen LogP contribution in [0.25, 0.3) is 31.6 Å². The lowest BCUT2D eigenvalue weighted by Crippen LogP contribution is -2.20. The number of hydrogen-bond donors (Lipinski definition) is 1. The maximum atomic E-state index is 12.7. The quantitative estimate of drug-likeness (QED) is 0.311. The van der Waals surface area contributed by atoms with Crippen molar-refractivity contribution in [2.45, 2.75) is 10.9 Å². The fraction of sp³-hybridized carbons (Fsp3) is 0.130. The van der Waals surface area contributed by atoms with E-state index in [-0.39, 0.29) is 11.1 Å². The Hall–Kier alpha value is -3.43. The molecule has 0 saturated heterocycles. The van der Waals surface area contributed by atoms with E-state index in [0.717, 1.165) is 16.2 Å². The SMILES string of the molecule is COc1ccc(-c2cc3nc(CSc4nc5ccccc5c(=O)n4C)[nH]c(=O)c3s2)cc1. The van der Waals surface area contributed by atoms with E-state index in [4.69, 9.17) is 4.74 Å². The van der Waals surface area contributed by atoms with Crippen molar-refractivity contribution in [1.29, 1.82) is 0 Å². The molecule has 0 bridgehead atoms. The first-order valence-electron chi connectivity index (χ1n) is 9.79. The minimum atomic E-state index is -0.171. The number of aromatic amines is 1. The maximum Gasteiger partial charge on any atom is 0.268 e. The monoisotopic (exact) mass is 462 g/mol. The van der Waals surface area contributed by atoms with Gasteiger partial charge in [-0.2, -0.15) is 0 Å². The number of hydrogen-bond acceptors (Lipinski definition) is 7. The first-order valence-corrected chi connectivity index (χ1v) is 11.6. The van der Waals surface area contributed by atoms with Crippen LogP contribution in [0, 0.1) is 0 Å². The van der Waals surface area contributed by atoms with Crippen LogP contribution in [0.1, 0.15) is 5.82 Å². The van der Waals surface area contributed by atoms with Crippen LogP contribution in [0.15, 0.2) is 69.3 Å². The molecule has 0 saturated carbocycles. The van der Waals surface area contributed by atoms with E-state index in [1.807, 2.05) is 48.5 Å². The fourth-order valence-electron chi connectivity index (χ4n) is 3.41. The Balaban J connectivity index is 1.45. The number of nitrogens with one attached hydrogen (secondary N) is 1. The number of para-hydroxylation sites is 1. The molecule has 9 heteroatoms. The molecule has 0 unspecified atom stereocenters. The van der Waals surface area contributed by atoms with Crippen molar-refractivity contribution in [1.82, 2.24) is 19.5 Å². The number of methoxy groups -OCH3 is 1. The Morgan fingerprint density at radius 1 is 1.06 bits per heavy atom. The van der Waals surface area contributed by atoms with Crippen LogP contribution in [-0.2, 0) is 12.8 Å². The summed E-state index contributed by atoms with van der Waals surface area (Å²) in [6.07, 6.45) is 0. The highest BCUT2D eigenvalue weighted by Crippen LogP contribution is 2.32. The summed E-state index contributed by atoms with van der Waals surface area (Å²) in [4.78, 5) is 38.3. The number of ether oxygens (including phenoxy) is 1. The van der Waals surface area contributed by atoms with Gasteiger partial charge in [-0.3, -0.25) is 14.2 Å². The van der Waals surface area contributed by atoms with Gasteiger partial charge in [-0.25, -0.2) is 9.97 Å². The molecule has 0 aliphatic carbocycles. The Bertz CT molecular complexity index is 1570. The van der Waals surface area contributed by atoms with Gasteiger partial charge in [0.05, 0.1) is 29.3 Å². The van der Waals surface area contributed by atoms with Crippen LogP contribution in [0.2, 0.25) is 0 Å². The zero-order valence-corrected chi connectivity index (χ0v) is 18.9. The summed E-state index contributed by atoms with van der Waals surface area (Å²) in [5.74, 6) is 1.70. The van der Waals surface area contributed by atoms with Crippen LogP contribution in [0.3, 0.4) is 0 Å². The molecule has 0 atom stereocenters. The van der Waals surface area contributed by atoms with Gasteiger partial charge in [-0.1, -0.05) is 23.9 Å². The van der Waals surface area contributed by atoms with E-state index in [1.165, 1.54) is 27.7 Å². The van der Waals surface area contributed by atoms with E-state index in [9.17, 15) is 9.59 Å². The van der Waals surface area contributed by atoms with Gasteiger partial charge < -0.3 is 9.72 Å². The zero-order valence-electron chi connectivity index (χ0n) is 17.3. The van der Waals surface area contributed by atoms with Crippen molar-refractivity contribution in [3.05, 3.63) is 81.1 Å². The minimum absolute atomic E-state index is 0.100. The van der Waals surface area contributed by atoms with E-state index in [0.29, 0.717) is 37.9 Å². The van der Waals surface area contributed by atoms with Gasteiger partial charge >= 0.3 is 0 Å². The van der Waals surface area contributed by atoms with Crippen LogP contribution < -0.4 is 15.9 Å². The van der Waals surface area contributed by atoms with Crippen molar-refractivity contribution in [2.75, 3.05) is 7.11 Å². The number of benzene rings is 2. The first-order chi connectivity index (χ1) is 15.5. The minimum Gasteiger partial charge on any atom is -0.497 e. The van der Waals surface area contributed by atoms with E-state index < -0.39 is 0 Å². The lowest BCUT2D eigenvalue weighted by molar-refractivity contribution is 0.415. The second kappa shape index (κ2) is 8.25. The number of thiophene rings is 1. The van der Waals surface area contributed by atoms with Crippen molar-refractivity contribution in [3.63, 3.8) is 0 Å². The molecular formula is C23H18N4O3S2. The molecule has 5 aromatic rings. The average Bonchev–Trinajstić information content (AvgIpc) is 3.25. The molecule has 2 aromatic carbocycles. The molecule has 0 aliphatic rings. The highest BCUT2D eigenvalue weighted by Gasteiger charge is 2.13. The topological polar surface area (TPSA) is 89.9 Å². The summed E-state index contributed by atoms with van der Waals surface area (Å²) in [7, 11) is 3.33. The molecule has 160 valence electrons. The van der Waals surface area contributed by atoms with E-state index in [2.05, 4.69) is 15.0 Å². The predicted molar refractivity (Wildman–Crippen MR) is 129 cm³/mol. The number of H-pyrrole nitrogens is 1. The molecule has 0 aliphatic heterocycles. The average molecular weight is 463 g/mol. The van der Waals surface area contributed by atoms with Gasteiger partial charge in [0.2, 0.25) is 0 Å². The van der Waals surface area contributed by atoms with Crippen LogP contribution >= 0.6 is 23.1 Å². The fourth-order valence-corrected chi connectivity index (χ4v) is 5.25. The van der Waals surface area contributed by atoms with Gasteiger partial charge in [0.15, 0.2) is 5.16 Å². The summed E-state index contributed by atoms with van der Waals surface area (Å²) in [5.41, 5.74) is 2.03. The molecule has 0 spiro atoms. The molecule has 3 aromatic heterocycles. The number of aromatic nitrogens is 4. The highest BCUT2D eigenvalue weighted by atomic mass is 32.2. The lowest BCUT2D eigenvalue weighted by Gasteiger charge is -2.08. The van der Waals surface area contributed by atoms with Crippen LogP contribution in [-0.4, -0.2) is 26.6 Å². The third-order valence-corrected chi connectivity index (χ3v) is 7.30. The Morgan fingerprint density at radius 3 is 2.62 bits per heavy atom. The molecule has 5 rings (SSSR count). The van der Waals surface area contributed by atoms with Crippen molar-refractivity contribution < 1.29 is 4.74 Å². The molecular weight excluding hydrogens is 444 g/mol. The van der Waals surface area contributed by atoms with Gasteiger partial charge in [0, 0.05) is 11.9 Å². The second-order valence-electron chi connectivity index (χ2n) is 7.13. The highest BCUT2D eigenvalue weighted by molar-refractivity contribution is 7.98. The third-order valence-electron chi connectivity index (χ3n) is 5.09. The van der Waals surface area contributed by atoms with E-state index in [1.54, 1.807) is 20.2 Å². The predicted octanol–water partition coefficient (Wildman–Crippen LogP) is 4.20. The summed E-state index contributed by atoms with van der Waals surface area (Å²) in [5, 5.41) is 1.15. The van der Waals surface area contributed by atoms with E-state index >= 15 is 0 Å². The number of thioether (sulfide) groups is 1. The normalized spacial score (nSPS) is 11.3. The number of fused-ring (bicyclic) bond motifs is 2. The Labute approximate surface area is 190 Å². The van der Waals surface area contributed by atoms with Gasteiger partial charge in [-0.15, -0.1) is 11.3 Å². The van der Waals surface area contributed by atoms with Crippen LogP contribution in [0.4, 0.5) is 0 Å². The van der Waals surface area contributed by atoms with Crippen molar-refractivity contribution in [3.8, 4) is 16.2 Å². The summed E-state index contributed by atoms with van der Waals surface area (Å²) < 4.78 is 7.32. The zero-order chi connectivity index (χ0) is 22.2. The van der Waals surface area contributed by atoms with Gasteiger partial charge in [0.1, 0.15) is 16.3 Å². The lowest BCUT2D eigenvalue weighted by atomic mass is 10.2. The summed E-state index contributed by atoms with van der Waals surface area (Å²) in [6.45, 7) is 0. The molecule has 7 nitrogen and oxygen atoms in total. The number of nitrogens with zero attached hydrogens (tertiary/aromatic N) is 3. The standard InChI is InChI=1S/C23H18N4O3S2/c1-27-22(29)15-5-3-4-6-16(15)25-23(27)31-12-19-24-17-11-18(32-20(17)21(28)26-19)13-7-9-14(30-2)10-8-13/h3-11H,12H2,1-2H3,(H,24,26,28). The molecule has 0 amide bonds. The summed E-state index contributed by atoms with van der Waals surface area (Å²) >= 11 is 2.77. The smallest absolute Gasteiger partial charge is 0.268 e. The summed E-state index contributed by atoms with van der Waals surface area (Å²) in [6, 6.07) is 16.9. The molecule has 0 fully saturated rings.